The second-order valence-electron chi connectivity index (χ2n) is 2.69. The highest BCUT2D eigenvalue weighted by Crippen LogP contribution is 2.08. The van der Waals surface area contributed by atoms with E-state index in [4.69, 9.17) is 5.11 Å². The normalized spacial score (nSPS) is 10.5. The van der Waals surface area contributed by atoms with Crippen LogP contribution in [0.25, 0.3) is 5.52 Å². The summed E-state index contributed by atoms with van der Waals surface area (Å²) < 4.78 is 1.32. The standard InChI is InChI=1S/C8H7N3O2/c1-5-6-3-2-4-7(8(12)13)11(6)10-9-5/h2-4H,1H3,(H,12,13). The molecule has 0 saturated heterocycles. The maximum Gasteiger partial charge on any atom is 0.354 e. The van der Waals surface area contributed by atoms with E-state index in [1.807, 2.05) is 0 Å². The van der Waals surface area contributed by atoms with Crippen molar-refractivity contribution in [2.75, 3.05) is 0 Å². The Balaban J connectivity index is 2.84. The van der Waals surface area contributed by atoms with Gasteiger partial charge in [0.2, 0.25) is 0 Å². The van der Waals surface area contributed by atoms with Gasteiger partial charge in [-0.1, -0.05) is 11.3 Å². The molecule has 2 rings (SSSR count). The van der Waals surface area contributed by atoms with Gasteiger partial charge in [-0.2, -0.15) is 0 Å². The molecule has 0 aliphatic heterocycles. The van der Waals surface area contributed by atoms with Gasteiger partial charge in [0.05, 0.1) is 11.2 Å². The minimum atomic E-state index is -1.00. The Morgan fingerprint density at radius 3 is 3.00 bits per heavy atom. The average Bonchev–Trinajstić information content (AvgIpc) is 2.48. The third-order valence-corrected chi connectivity index (χ3v) is 1.84. The molecular formula is C8H7N3O2. The SMILES string of the molecule is Cc1nnn2c(C(=O)O)cccc12. The summed E-state index contributed by atoms with van der Waals surface area (Å²) in [5, 5.41) is 16.3. The number of hydrogen-bond acceptors (Lipinski definition) is 3. The molecule has 0 atom stereocenters. The summed E-state index contributed by atoms with van der Waals surface area (Å²) in [5.41, 5.74) is 1.57. The van der Waals surface area contributed by atoms with Crippen LogP contribution in [0.4, 0.5) is 0 Å². The zero-order chi connectivity index (χ0) is 9.42. The van der Waals surface area contributed by atoms with E-state index in [1.165, 1.54) is 10.6 Å². The van der Waals surface area contributed by atoms with Crippen LogP contribution in [0.1, 0.15) is 16.2 Å². The van der Waals surface area contributed by atoms with Gasteiger partial charge >= 0.3 is 5.97 Å². The van der Waals surface area contributed by atoms with Crippen LogP contribution < -0.4 is 0 Å². The van der Waals surface area contributed by atoms with Crippen molar-refractivity contribution >= 4 is 11.5 Å². The second kappa shape index (κ2) is 2.55. The molecule has 0 aromatic carbocycles. The van der Waals surface area contributed by atoms with E-state index in [9.17, 15) is 4.79 Å². The Morgan fingerprint density at radius 2 is 2.31 bits per heavy atom. The second-order valence-corrected chi connectivity index (χ2v) is 2.69. The van der Waals surface area contributed by atoms with Crippen LogP contribution in [0.5, 0.6) is 0 Å². The van der Waals surface area contributed by atoms with E-state index >= 15 is 0 Å². The number of hydrogen-bond donors (Lipinski definition) is 1. The predicted molar refractivity (Wildman–Crippen MR) is 44.7 cm³/mol. The Labute approximate surface area is 73.6 Å². The topological polar surface area (TPSA) is 67.5 Å². The van der Waals surface area contributed by atoms with Crippen LogP contribution >= 0.6 is 0 Å². The maximum atomic E-state index is 10.7. The first-order valence-electron chi connectivity index (χ1n) is 3.74. The molecular weight excluding hydrogens is 170 g/mol. The minimum absolute atomic E-state index is 0.123. The number of carboxylic acids is 1. The molecule has 0 bridgehead atoms. The summed E-state index contributed by atoms with van der Waals surface area (Å²) in [5.74, 6) is -1.00. The van der Waals surface area contributed by atoms with Gasteiger partial charge in [0.15, 0.2) is 5.69 Å². The van der Waals surface area contributed by atoms with Crippen LogP contribution in [0.3, 0.4) is 0 Å². The van der Waals surface area contributed by atoms with Crippen molar-refractivity contribution in [2.24, 2.45) is 0 Å². The molecule has 1 N–H and O–H groups in total. The third kappa shape index (κ3) is 1.05. The van der Waals surface area contributed by atoms with Crippen molar-refractivity contribution in [1.29, 1.82) is 0 Å². The first kappa shape index (κ1) is 7.72. The smallest absolute Gasteiger partial charge is 0.354 e. The van der Waals surface area contributed by atoms with Crippen LogP contribution in [-0.2, 0) is 0 Å². The van der Waals surface area contributed by atoms with E-state index < -0.39 is 5.97 Å². The summed E-state index contributed by atoms with van der Waals surface area (Å²) in [6.45, 7) is 1.79. The molecule has 0 aliphatic carbocycles. The molecule has 0 spiro atoms. The number of aromatic carboxylic acids is 1. The number of nitrogens with zero attached hydrogens (tertiary/aromatic N) is 3. The van der Waals surface area contributed by atoms with Gasteiger partial charge < -0.3 is 5.11 Å². The molecule has 5 nitrogen and oxygen atoms in total. The van der Waals surface area contributed by atoms with Crippen molar-refractivity contribution in [3.8, 4) is 0 Å². The maximum absolute atomic E-state index is 10.7. The fraction of sp³-hybridized carbons (Fsp3) is 0.125. The number of pyridine rings is 1. The van der Waals surface area contributed by atoms with Gasteiger partial charge in [-0.3, -0.25) is 0 Å². The van der Waals surface area contributed by atoms with Crippen LogP contribution in [-0.4, -0.2) is 25.9 Å². The lowest BCUT2D eigenvalue weighted by Gasteiger charge is -1.96. The van der Waals surface area contributed by atoms with Crippen LogP contribution in [0.15, 0.2) is 18.2 Å². The number of aryl methyl sites for hydroxylation is 1. The Morgan fingerprint density at radius 1 is 1.54 bits per heavy atom. The van der Waals surface area contributed by atoms with Gasteiger partial charge in [-0.25, -0.2) is 9.31 Å². The van der Waals surface area contributed by atoms with E-state index in [0.717, 1.165) is 11.2 Å². The first-order chi connectivity index (χ1) is 6.20. The zero-order valence-electron chi connectivity index (χ0n) is 6.93. The summed E-state index contributed by atoms with van der Waals surface area (Å²) in [4.78, 5) is 10.7. The molecule has 0 unspecified atom stereocenters. The van der Waals surface area contributed by atoms with Gasteiger partial charge in [-0.15, -0.1) is 5.10 Å². The number of fused-ring (bicyclic) bond motifs is 1. The van der Waals surface area contributed by atoms with E-state index in [2.05, 4.69) is 10.3 Å². The number of aromatic nitrogens is 3. The van der Waals surface area contributed by atoms with Gasteiger partial charge in [-0.05, 0) is 19.1 Å². The van der Waals surface area contributed by atoms with Crippen molar-refractivity contribution in [3.63, 3.8) is 0 Å². The molecule has 2 aromatic heterocycles. The summed E-state index contributed by atoms with van der Waals surface area (Å²) in [6.07, 6.45) is 0. The summed E-state index contributed by atoms with van der Waals surface area (Å²) in [6, 6.07) is 4.94. The van der Waals surface area contributed by atoms with Crippen LogP contribution in [0.2, 0.25) is 0 Å². The first-order valence-corrected chi connectivity index (χ1v) is 3.74. The fourth-order valence-electron chi connectivity index (χ4n) is 1.20. The van der Waals surface area contributed by atoms with Crippen molar-refractivity contribution in [1.82, 2.24) is 14.8 Å². The molecule has 2 heterocycles. The molecule has 0 aliphatic rings. The van der Waals surface area contributed by atoms with Crippen molar-refractivity contribution in [2.45, 2.75) is 6.92 Å². The lowest BCUT2D eigenvalue weighted by Crippen LogP contribution is -2.05. The molecule has 0 amide bonds. The summed E-state index contributed by atoms with van der Waals surface area (Å²) in [7, 11) is 0. The Kier molecular flexibility index (Phi) is 1.51. The van der Waals surface area contributed by atoms with Crippen LogP contribution in [0, 0.1) is 6.92 Å². The highest BCUT2D eigenvalue weighted by atomic mass is 16.4. The zero-order valence-corrected chi connectivity index (χ0v) is 6.93. The highest BCUT2D eigenvalue weighted by Gasteiger charge is 2.10. The quantitative estimate of drug-likeness (QED) is 0.697. The Hall–Kier alpha value is -1.91. The van der Waals surface area contributed by atoms with Gasteiger partial charge in [0.25, 0.3) is 0 Å². The number of carbonyl (C=O) groups is 1. The highest BCUT2D eigenvalue weighted by molar-refractivity contribution is 5.86. The van der Waals surface area contributed by atoms with E-state index in [-0.39, 0.29) is 5.69 Å². The van der Waals surface area contributed by atoms with Gasteiger partial charge in [0.1, 0.15) is 0 Å². The number of rotatable bonds is 1. The van der Waals surface area contributed by atoms with Gasteiger partial charge in [0, 0.05) is 0 Å². The lowest BCUT2D eigenvalue weighted by atomic mass is 10.3. The van der Waals surface area contributed by atoms with Crippen molar-refractivity contribution in [3.05, 3.63) is 29.6 Å². The number of carboxylic acid groups (broad SMARTS) is 1. The fourth-order valence-corrected chi connectivity index (χ4v) is 1.20. The molecule has 0 saturated carbocycles. The third-order valence-electron chi connectivity index (χ3n) is 1.84. The summed E-state index contributed by atoms with van der Waals surface area (Å²) >= 11 is 0. The van der Waals surface area contributed by atoms with E-state index in [0.29, 0.717) is 0 Å². The molecule has 13 heavy (non-hydrogen) atoms. The monoisotopic (exact) mass is 177 g/mol. The molecule has 2 aromatic rings. The van der Waals surface area contributed by atoms with Crippen molar-refractivity contribution < 1.29 is 9.90 Å². The predicted octanol–water partition coefficient (Wildman–Crippen LogP) is 0.736. The molecule has 5 heteroatoms. The largest absolute Gasteiger partial charge is 0.477 e. The minimum Gasteiger partial charge on any atom is -0.477 e. The Bertz CT molecular complexity index is 475. The molecule has 66 valence electrons. The molecule has 0 fully saturated rings. The van der Waals surface area contributed by atoms with E-state index in [1.54, 1.807) is 19.1 Å². The molecule has 0 radical (unpaired) electrons. The lowest BCUT2D eigenvalue weighted by molar-refractivity contribution is 0.0687. The average molecular weight is 177 g/mol.